The number of tetrazole rings is 1. The van der Waals surface area contributed by atoms with Crippen LogP contribution in [-0.2, 0) is 13.6 Å². The highest BCUT2D eigenvalue weighted by Gasteiger charge is 2.16. The molecule has 0 saturated carbocycles. The lowest BCUT2D eigenvalue weighted by molar-refractivity contribution is 0.352. The Bertz CT molecular complexity index is 330. The molecule has 2 rings (SSSR count). The normalized spacial score (nSPS) is 17.5. The van der Waals surface area contributed by atoms with Crippen molar-refractivity contribution in [2.24, 2.45) is 7.05 Å². The first kappa shape index (κ1) is 9.11. The first-order chi connectivity index (χ1) is 6.75. The van der Waals surface area contributed by atoms with Crippen LogP contribution < -0.4 is 0 Å². The standard InChI is InChI=1S/C8H14N6/c1-13-11-8(10-12-13)6-14-5-3-2-4-7(14)9/h9H,2-6H2,1H3. The minimum Gasteiger partial charge on any atom is -0.353 e. The number of aryl methyl sites for hydroxylation is 1. The molecular formula is C8H14N6. The lowest BCUT2D eigenvalue weighted by Gasteiger charge is -2.27. The number of nitrogens with zero attached hydrogens (tertiary/aromatic N) is 5. The Morgan fingerprint density at radius 2 is 2.29 bits per heavy atom. The van der Waals surface area contributed by atoms with Crippen LogP contribution in [0.5, 0.6) is 0 Å². The van der Waals surface area contributed by atoms with Crippen molar-refractivity contribution in [3.8, 4) is 0 Å². The molecule has 1 aliphatic rings. The van der Waals surface area contributed by atoms with Gasteiger partial charge in [-0.15, -0.1) is 10.2 Å². The molecule has 0 aliphatic carbocycles. The first-order valence-electron chi connectivity index (χ1n) is 4.81. The van der Waals surface area contributed by atoms with Gasteiger partial charge in [-0.25, -0.2) is 0 Å². The highest BCUT2D eigenvalue weighted by molar-refractivity contribution is 5.79. The predicted molar refractivity (Wildman–Crippen MR) is 50.8 cm³/mol. The van der Waals surface area contributed by atoms with Crippen LogP contribution in [0.2, 0.25) is 0 Å². The van der Waals surface area contributed by atoms with E-state index in [1.165, 1.54) is 4.80 Å². The van der Waals surface area contributed by atoms with Gasteiger partial charge in [0.05, 0.1) is 19.4 Å². The van der Waals surface area contributed by atoms with Crippen LogP contribution in [0.25, 0.3) is 0 Å². The Balaban J connectivity index is 1.99. The molecule has 0 atom stereocenters. The smallest absolute Gasteiger partial charge is 0.194 e. The van der Waals surface area contributed by atoms with Crippen LogP contribution in [-0.4, -0.2) is 37.5 Å². The van der Waals surface area contributed by atoms with Crippen LogP contribution in [0.3, 0.4) is 0 Å². The van der Waals surface area contributed by atoms with Crippen LogP contribution in [0.1, 0.15) is 25.1 Å². The van der Waals surface area contributed by atoms with Crippen LogP contribution in [0, 0.1) is 5.41 Å². The molecule has 76 valence electrons. The largest absolute Gasteiger partial charge is 0.353 e. The van der Waals surface area contributed by atoms with E-state index in [-0.39, 0.29) is 0 Å². The van der Waals surface area contributed by atoms with Crippen molar-refractivity contribution < 1.29 is 0 Å². The second-order valence-corrected chi connectivity index (χ2v) is 3.52. The lowest BCUT2D eigenvalue weighted by atomic mass is 10.1. The number of hydrogen-bond acceptors (Lipinski definition) is 4. The average molecular weight is 194 g/mol. The topological polar surface area (TPSA) is 70.7 Å². The molecule has 1 aromatic rings. The maximum absolute atomic E-state index is 7.75. The van der Waals surface area contributed by atoms with E-state index in [1.54, 1.807) is 7.05 Å². The van der Waals surface area contributed by atoms with Gasteiger partial charge in [0.1, 0.15) is 0 Å². The van der Waals surface area contributed by atoms with E-state index in [2.05, 4.69) is 15.4 Å². The van der Waals surface area contributed by atoms with Gasteiger partial charge in [-0.05, 0) is 18.1 Å². The summed E-state index contributed by atoms with van der Waals surface area (Å²) >= 11 is 0. The molecule has 1 saturated heterocycles. The van der Waals surface area contributed by atoms with Crippen molar-refractivity contribution in [2.75, 3.05) is 6.54 Å². The molecule has 6 nitrogen and oxygen atoms in total. The number of likely N-dealkylation sites (tertiary alicyclic amines) is 1. The summed E-state index contributed by atoms with van der Waals surface area (Å²) in [6, 6.07) is 0. The van der Waals surface area contributed by atoms with Gasteiger partial charge in [0.15, 0.2) is 5.82 Å². The maximum Gasteiger partial charge on any atom is 0.194 e. The Morgan fingerprint density at radius 3 is 2.93 bits per heavy atom. The molecule has 1 aliphatic heterocycles. The first-order valence-corrected chi connectivity index (χ1v) is 4.81. The fraction of sp³-hybridized carbons (Fsp3) is 0.750. The fourth-order valence-corrected chi connectivity index (χ4v) is 1.62. The number of piperidine rings is 1. The molecule has 0 aromatic carbocycles. The van der Waals surface area contributed by atoms with Crippen LogP contribution >= 0.6 is 0 Å². The second kappa shape index (κ2) is 3.73. The van der Waals surface area contributed by atoms with Crippen molar-refractivity contribution in [1.82, 2.24) is 25.1 Å². The van der Waals surface area contributed by atoms with E-state index in [0.717, 1.165) is 25.8 Å². The zero-order valence-electron chi connectivity index (χ0n) is 8.27. The Morgan fingerprint density at radius 1 is 1.43 bits per heavy atom. The van der Waals surface area contributed by atoms with E-state index in [4.69, 9.17) is 5.41 Å². The number of hydrogen-bond donors (Lipinski definition) is 1. The minimum absolute atomic E-state index is 0.618. The number of amidine groups is 1. The molecule has 0 unspecified atom stereocenters. The van der Waals surface area contributed by atoms with Gasteiger partial charge in [0, 0.05) is 13.0 Å². The quantitative estimate of drug-likeness (QED) is 0.728. The average Bonchev–Trinajstić information content (AvgIpc) is 2.56. The molecule has 0 spiro atoms. The van der Waals surface area contributed by atoms with Crippen molar-refractivity contribution in [3.63, 3.8) is 0 Å². The van der Waals surface area contributed by atoms with Gasteiger partial charge in [-0.2, -0.15) is 4.80 Å². The number of aromatic nitrogens is 4. The van der Waals surface area contributed by atoms with E-state index in [1.807, 2.05) is 4.90 Å². The zero-order chi connectivity index (χ0) is 9.97. The summed E-state index contributed by atoms with van der Waals surface area (Å²) in [4.78, 5) is 3.46. The maximum atomic E-state index is 7.75. The van der Waals surface area contributed by atoms with Gasteiger partial charge >= 0.3 is 0 Å². The van der Waals surface area contributed by atoms with Gasteiger partial charge < -0.3 is 4.90 Å². The van der Waals surface area contributed by atoms with Crippen molar-refractivity contribution >= 4 is 5.84 Å². The molecule has 2 heterocycles. The highest BCUT2D eigenvalue weighted by atomic mass is 15.6. The molecule has 0 bridgehead atoms. The van der Waals surface area contributed by atoms with E-state index in [0.29, 0.717) is 18.2 Å². The molecule has 1 aromatic heterocycles. The minimum atomic E-state index is 0.618. The van der Waals surface area contributed by atoms with Crippen LogP contribution in [0.15, 0.2) is 0 Å². The fourth-order valence-electron chi connectivity index (χ4n) is 1.62. The summed E-state index contributed by atoms with van der Waals surface area (Å²) in [5.41, 5.74) is 0. The second-order valence-electron chi connectivity index (χ2n) is 3.52. The zero-order valence-corrected chi connectivity index (χ0v) is 8.27. The van der Waals surface area contributed by atoms with Gasteiger partial charge in [-0.1, -0.05) is 0 Å². The van der Waals surface area contributed by atoms with E-state index < -0.39 is 0 Å². The Labute approximate surface area is 82.4 Å². The molecule has 6 heteroatoms. The third-order valence-corrected chi connectivity index (χ3v) is 2.36. The van der Waals surface area contributed by atoms with Crippen LogP contribution in [0.4, 0.5) is 0 Å². The number of rotatable bonds is 2. The van der Waals surface area contributed by atoms with E-state index >= 15 is 0 Å². The molecule has 1 fully saturated rings. The number of nitrogens with one attached hydrogen (secondary N) is 1. The Kier molecular flexibility index (Phi) is 2.43. The van der Waals surface area contributed by atoms with Crippen molar-refractivity contribution in [3.05, 3.63) is 5.82 Å². The third-order valence-electron chi connectivity index (χ3n) is 2.36. The molecule has 1 N–H and O–H groups in total. The molecular weight excluding hydrogens is 180 g/mol. The highest BCUT2D eigenvalue weighted by Crippen LogP contribution is 2.12. The summed E-state index contributed by atoms with van der Waals surface area (Å²) in [7, 11) is 1.75. The summed E-state index contributed by atoms with van der Waals surface area (Å²) in [5.74, 6) is 1.39. The summed E-state index contributed by atoms with van der Waals surface area (Å²) < 4.78 is 0. The van der Waals surface area contributed by atoms with Gasteiger partial charge in [0.2, 0.25) is 0 Å². The summed E-state index contributed by atoms with van der Waals surface area (Å²) in [5, 5.41) is 19.5. The monoisotopic (exact) mass is 194 g/mol. The predicted octanol–water partition coefficient (Wildman–Crippen LogP) is 0.173. The van der Waals surface area contributed by atoms with Gasteiger partial charge in [0.25, 0.3) is 0 Å². The van der Waals surface area contributed by atoms with Crippen molar-refractivity contribution in [1.29, 1.82) is 5.41 Å². The molecule has 0 amide bonds. The summed E-state index contributed by atoms with van der Waals surface area (Å²) in [6.45, 7) is 1.56. The third kappa shape index (κ3) is 1.89. The van der Waals surface area contributed by atoms with E-state index in [9.17, 15) is 0 Å². The van der Waals surface area contributed by atoms with Crippen molar-refractivity contribution in [2.45, 2.75) is 25.8 Å². The molecule has 14 heavy (non-hydrogen) atoms. The Hall–Kier alpha value is -1.46. The van der Waals surface area contributed by atoms with Gasteiger partial charge in [-0.3, -0.25) is 5.41 Å². The SMILES string of the molecule is Cn1nnc(CN2CCCCC2=N)n1. The molecule has 0 radical (unpaired) electrons. The lowest BCUT2D eigenvalue weighted by Crippen LogP contribution is -2.34. The summed E-state index contributed by atoms with van der Waals surface area (Å²) in [6.07, 6.45) is 3.16.